The van der Waals surface area contributed by atoms with E-state index >= 15 is 0 Å². The maximum absolute atomic E-state index is 12.9. The van der Waals surface area contributed by atoms with Crippen molar-refractivity contribution in [2.45, 2.75) is 39.0 Å². The van der Waals surface area contributed by atoms with Crippen LogP contribution in [0.4, 0.5) is 14.5 Å². The number of aromatic nitrogens is 3. The van der Waals surface area contributed by atoms with Crippen molar-refractivity contribution >= 4 is 29.1 Å². The third kappa shape index (κ3) is 5.75. The van der Waals surface area contributed by atoms with E-state index in [9.17, 15) is 18.4 Å². The number of pyridine rings is 1. The standard InChI is InChI=1S/C20H24ClF2N5O2/c1-2-27(16-12-28(25-20(16)21)15-4-3-8-24-11-15)18(29)7-9-26(13-17(22)23)19(30)10-14-5-6-14/h3-4,8,11-12,14,17H,2,5-7,9-10,13H2,1H3. The summed E-state index contributed by atoms with van der Waals surface area (Å²) in [7, 11) is 0. The van der Waals surface area contributed by atoms with Gasteiger partial charge in [0.2, 0.25) is 11.8 Å². The number of alkyl halides is 2. The van der Waals surface area contributed by atoms with E-state index in [1.807, 2.05) is 0 Å². The minimum absolute atomic E-state index is 0.0560. The number of anilines is 1. The van der Waals surface area contributed by atoms with Crippen molar-refractivity contribution in [3.05, 3.63) is 35.9 Å². The van der Waals surface area contributed by atoms with Crippen LogP contribution >= 0.6 is 11.6 Å². The molecule has 162 valence electrons. The van der Waals surface area contributed by atoms with Crippen LogP contribution in [0.2, 0.25) is 5.15 Å². The van der Waals surface area contributed by atoms with Crippen LogP contribution in [0.5, 0.6) is 0 Å². The van der Waals surface area contributed by atoms with Crippen molar-refractivity contribution in [3.8, 4) is 5.69 Å². The van der Waals surface area contributed by atoms with Crippen LogP contribution in [-0.2, 0) is 9.59 Å². The number of hydrogen-bond donors (Lipinski definition) is 0. The molecule has 30 heavy (non-hydrogen) atoms. The first-order valence-corrected chi connectivity index (χ1v) is 10.3. The van der Waals surface area contributed by atoms with E-state index in [2.05, 4.69) is 10.1 Å². The summed E-state index contributed by atoms with van der Waals surface area (Å²) in [5.74, 6) is -0.350. The minimum Gasteiger partial charge on any atom is -0.336 e. The van der Waals surface area contributed by atoms with Crippen LogP contribution in [0.25, 0.3) is 5.69 Å². The van der Waals surface area contributed by atoms with Gasteiger partial charge in [0.05, 0.1) is 24.6 Å². The molecule has 3 rings (SSSR count). The average molecular weight is 440 g/mol. The lowest BCUT2D eigenvalue weighted by Crippen LogP contribution is -2.39. The fourth-order valence-electron chi connectivity index (χ4n) is 3.18. The Morgan fingerprint density at radius 3 is 2.70 bits per heavy atom. The third-order valence-corrected chi connectivity index (χ3v) is 5.21. The van der Waals surface area contributed by atoms with Gasteiger partial charge in [-0.3, -0.25) is 14.6 Å². The second kappa shape index (κ2) is 9.97. The minimum atomic E-state index is -2.64. The summed E-state index contributed by atoms with van der Waals surface area (Å²) in [5, 5.41) is 4.36. The molecule has 0 aromatic carbocycles. The molecule has 0 unspecified atom stereocenters. The molecule has 0 spiro atoms. The molecule has 0 saturated heterocycles. The first kappa shape index (κ1) is 22.1. The van der Waals surface area contributed by atoms with Gasteiger partial charge in [0.15, 0.2) is 5.15 Å². The molecule has 7 nitrogen and oxygen atoms in total. The van der Waals surface area contributed by atoms with Crippen molar-refractivity contribution < 1.29 is 18.4 Å². The van der Waals surface area contributed by atoms with Crippen molar-refractivity contribution in [1.82, 2.24) is 19.7 Å². The van der Waals surface area contributed by atoms with Crippen LogP contribution < -0.4 is 4.90 Å². The van der Waals surface area contributed by atoms with Gasteiger partial charge in [0, 0.05) is 32.1 Å². The molecule has 2 amide bonds. The first-order valence-electron chi connectivity index (χ1n) is 9.90. The zero-order valence-corrected chi connectivity index (χ0v) is 17.4. The Hall–Kier alpha value is -2.55. The molecule has 1 saturated carbocycles. The third-order valence-electron chi connectivity index (χ3n) is 4.94. The zero-order valence-electron chi connectivity index (χ0n) is 16.7. The number of halogens is 3. The monoisotopic (exact) mass is 439 g/mol. The zero-order chi connectivity index (χ0) is 21.7. The van der Waals surface area contributed by atoms with Crippen LogP contribution in [0.3, 0.4) is 0 Å². The maximum atomic E-state index is 12.9. The Bertz CT molecular complexity index is 873. The smallest absolute Gasteiger partial charge is 0.255 e. The number of nitrogens with zero attached hydrogens (tertiary/aromatic N) is 5. The SMILES string of the molecule is CCN(C(=O)CCN(CC(F)F)C(=O)CC1CC1)c1cn(-c2cccnc2)nc1Cl. The van der Waals surface area contributed by atoms with E-state index in [1.165, 1.54) is 9.58 Å². The van der Waals surface area contributed by atoms with Crippen LogP contribution in [0.15, 0.2) is 30.7 Å². The van der Waals surface area contributed by atoms with Crippen molar-refractivity contribution in [3.63, 3.8) is 0 Å². The predicted molar refractivity (Wildman–Crippen MR) is 109 cm³/mol. The van der Waals surface area contributed by atoms with Gasteiger partial charge in [-0.15, -0.1) is 0 Å². The second-order valence-corrected chi connectivity index (χ2v) is 7.59. The van der Waals surface area contributed by atoms with Gasteiger partial charge in [-0.05, 0) is 37.8 Å². The molecule has 1 aliphatic rings. The highest BCUT2D eigenvalue weighted by Gasteiger charge is 2.29. The van der Waals surface area contributed by atoms with Crippen molar-refractivity contribution in [2.75, 3.05) is 24.5 Å². The number of carbonyl (C=O) groups excluding carboxylic acids is 2. The number of carbonyl (C=O) groups is 2. The lowest BCUT2D eigenvalue weighted by atomic mass is 10.2. The topological polar surface area (TPSA) is 71.3 Å². The van der Waals surface area contributed by atoms with Crippen LogP contribution in [-0.4, -0.2) is 57.5 Å². The van der Waals surface area contributed by atoms with Gasteiger partial charge in [0.25, 0.3) is 6.43 Å². The Morgan fingerprint density at radius 2 is 2.10 bits per heavy atom. The van der Waals surface area contributed by atoms with Gasteiger partial charge in [-0.25, -0.2) is 13.5 Å². The summed E-state index contributed by atoms with van der Waals surface area (Å²) in [6, 6.07) is 3.55. The average Bonchev–Trinajstić information content (AvgIpc) is 3.46. The quantitative estimate of drug-likeness (QED) is 0.567. The molecular formula is C20H24ClF2N5O2. The van der Waals surface area contributed by atoms with Crippen LogP contribution in [0.1, 0.15) is 32.6 Å². The molecule has 2 aromatic heterocycles. The maximum Gasteiger partial charge on any atom is 0.255 e. The molecule has 2 aromatic rings. The highest BCUT2D eigenvalue weighted by atomic mass is 35.5. The summed E-state index contributed by atoms with van der Waals surface area (Å²) in [6.45, 7) is 1.39. The largest absolute Gasteiger partial charge is 0.336 e. The van der Waals surface area contributed by atoms with E-state index in [4.69, 9.17) is 11.6 Å². The number of rotatable bonds is 10. The fourth-order valence-corrected chi connectivity index (χ4v) is 3.41. The Kier molecular flexibility index (Phi) is 7.36. The molecule has 0 bridgehead atoms. The highest BCUT2D eigenvalue weighted by Crippen LogP contribution is 2.33. The summed E-state index contributed by atoms with van der Waals surface area (Å²) >= 11 is 6.25. The van der Waals surface area contributed by atoms with Gasteiger partial charge in [0.1, 0.15) is 5.69 Å². The molecule has 10 heteroatoms. The number of hydrogen-bond acceptors (Lipinski definition) is 4. The Balaban J connectivity index is 1.67. The highest BCUT2D eigenvalue weighted by molar-refractivity contribution is 6.32. The molecule has 2 heterocycles. The van der Waals surface area contributed by atoms with Gasteiger partial charge < -0.3 is 9.80 Å². The summed E-state index contributed by atoms with van der Waals surface area (Å²) < 4.78 is 27.3. The van der Waals surface area contributed by atoms with E-state index in [0.717, 1.165) is 17.7 Å². The first-order chi connectivity index (χ1) is 14.4. The molecule has 0 aliphatic heterocycles. The van der Waals surface area contributed by atoms with E-state index in [1.54, 1.807) is 37.6 Å². The Labute approximate surface area is 178 Å². The summed E-state index contributed by atoms with van der Waals surface area (Å²) in [4.78, 5) is 31.7. The lowest BCUT2D eigenvalue weighted by molar-refractivity contribution is -0.134. The molecule has 0 atom stereocenters. The van der Waals surface area contributed by atoms with E-state index in [-0.39, 0.29) is 42.3 Å². The normalized spacial score (nSPS) is 13.5. The van der Waals surface area contributed by atoms with Crippen molar-refractivity contribution in [1.29, 1.82) is 0 Å². The molecule has 1 fully saturated rings. The fraction of sp³-hybridized carbons (Fsp3) is 0.500. The molecule has 0 radical (unpaired) electrons. The van der Waals surface area contributed by atoms with Crippen molar-refractivity contribution in [2.24, 2.45) is 5.92 Å². The predicted octanol–water partition coefficient (Wildman–Crippen LogP) is 3.56. The van der Waals surface area contributed by atoms with Gasteiger partial charge >= 0.3 is 0 Å². The Morgan fingerprint density at radius 1 is 1.33 bits per heavy atom. The molecular weight excluding hydrogens is 416 g/mol. The lowest BCUT2D eigenvalue weighted by Gasteiger charge is -2.25. The second-order valence-electron chi connectivity index (χ2n) is 7.23. The summed E-state index contributed by atoms with van der Waals surface area (Å²) in [6.07, 6.45) is 4.32. The summed E-state index contributed by atoms with van der Waals surface area (Å²) in [5.41, 5.74) is 1.10. The van der Waals surface area contributed by atoms with Gasteiger partial charge in [-0.2, -0.15) is 5.10 Å². The van der Waals surface area contributed by atoms with E-state index in [0.29, 0.717) is 17.9 Å². The van der Waals surface area contributed by atoms with Crippen LogP contribution in [0, 0.1) is 5.92 Å². The van der Waals surface area contributed by atoms with Gasteiger partial charge in [-0.1, -0.05) is 11.6 Å². The van der Waals surface area contributed by atoms with E-state index < -0.39 is 13.0 Å². The molecule has 0 N–H and O–H groups in total. The molecule has 1 aliphatic carbocycles. The number of amides is 2.